The van der Waals surface area contributed by atoms with E-state index in [4.69, 9.17) is 0 Å². The Morgan fingerprint density at radius 2 is 1.03 bits per heavy atom. The Kier molecular flexibility index (Phi) is 16.3. The molecule has 4 amide bonds. The molecule has 0 aromatic heterocycles. The molecule has 5 aromatic carbocycles. The standard InChI is InChI=1S/C58H64N6O4/c1-7-9-11-13-35-59-57(67)61-51-37-47(63(43-23-15-39(3)16-24-43)44-25-17-40(4)18-26-44)31-33-49(51)53-55(65)54(56(53)66)50-34-32-48(38-52(50)62-58(68)60-36-14-12-10-8-2)64(45-27-19-41(5)20-28-45)46-29-21-42(6)22-30-46/h15-34,37-38H,7-14,35-36H2,1-6H3,(H4,59,60,61,62,65,66,67,68). The summed E-state index contributed by atoms with van der Waals surface area (Å²) in [4.78, 5) is 44.0. The van der Waals surface area contributed by atoms with Gasteiger partial charge in [-0.05, 0) is 83.0 Å². The number of carbonyl (C=O) groups excluding carboxylic acids is 3. The van der Waals surface area contributed by atoms with Crippen LogP contribution in [0.15, 0.2) is 156 Å². The average molecular weight is 909 g/mol. The summed E-state index contributed by atoms with van der Waals surface area (Å²) in [5.41, 5.74) is 10.6. The van der Waals surface area contributed by atoms with Gasteiger partial charge in [-0.25, -0.2) is 9.59 Å². The summed E-state index contributed by atoms with van der Waals surface area (Å²) in [7, 11) is 0. The molecule has 0 atom stereocenters. The highest BCUT2D eigenvalue weighted by atomic mass is 16.3. The van der Waals surface area contributed by atoms with Crippen LogP contribution in [0.2, 0.25) is 0 Å². The first-order chi connectivity index (χ1) is 32.9. The number of allylic oxidation sites excluding steroid dienone is 5. The highest BCUT2D eigenvalue weighted by Crippen LogP contribution is 2.44. The highest BCUT2D eigenvalue weighted by molar-refractivity contribution is 6.40. The lowest BCUT2D eigenvalue weighted by atomic mass is 9.78. The third-order valence-electron chi connectivity index (χ3n) is 12.3. The van der Waals surface area contributed by atoms with Crippen LogP contribution in [-0.4, -0.2) is 36.6 Å². The fraction of sp³-hybridized carbons (Fsp3) is 0.276. The maximum atomic E-state index is 14.7. The molecule has 68 heavy (non-hydrogen) atoms. The molecule has 0 radical (unpaired) electrons. The molecule has 0 unspecified atom stereocenters. The van der Waals surface area contributed by atoms with Crippen LogP contribution in [0.25, 0.3) is 5.57 Å². The van der Waals surface area contributed by atoms with Crippen molar-refractivity contribution >= 4 is 63.3 Å². The van der Waals surface area contributed by atoms with Crippen LogP contribution in [-0.2, 0) is 4.79 Å². The third kappa shape index (κ3) is 11.7. The van der Waals surface area contributed by atoms with E-state index in [1.165, 1.54) is 0 Å². The fourth-order valence-electron chi connectivity index (χ4n) is 8.38. The van der Waals surface area contributed by atoms with Gasteiger partial charge in [0.2, 0.25) is 17.1 Å². The molecule has 0 fully saturated rings. The molecule has 0 bridgehead atoms. The Balaban J connectivity index is 1.33. The molecule has 2 aliphatic carbocycles. The van der Waals surface area contributed by atoms with E-state index in [-0.39, 0.29) is 11.1 Å². The van der Waals surface area contributed by atoms with E-state index in [0.717, 1.165) is 108 Å². The number of hydrogen-bond acceptors (Lipinski definition) is 5. The van der Waals surface area contributed by atoms with Crippen molar-refractivity contribution in [2.45, 2.75) is 92.9 Å². The molecular weight excluding hydrogens is 845 g/mol. The van der Waals surface area contributed by atoms with E-state index in [1.807, 2.05) is 149 Å². The zero-order chi connectivity index (χ0) is 48.2. The topological polar surface area (TPSA) is 129 Å². The second-order valence-electron chi connectivity index (χ2n) is 17.8. The quantitative estimate of drug-likeness (QED) is 0.0395. The summed E-state index contributed by atoms with van der Waals surface area (Å²) in [6.45, 7) is 13.4. The molecule has 0 spiro atoms. The van der Waals surface area contributed by atoms with Crippen molar-refractivity contribution in [1.29, 1.82) is 0 Å². The number of amides is 4. The van der Waals surface area contributed by atoms with E-state index < -0.39 is 23.6 Å². The normalized spacial score (nSPS) is 14.3. The molecule has 0 saturated carbocycles. The predicted octanol–water partition coefficient (Wildman–Crippen LogP) is 12.4. The SMILES string of the molecule is CCCCCCNC(=O)NC1=CC(=[N+](c2ccc(C)cc2)c2ccc(C)cc2)C=CC1=C1C(=O)C(c2ccc(N(c3ccc(C)cc3)c3ccc(C)cc3)cc2NC(=O)NCCCCCC)=C1[O-]. The Labute approximate surface area is 401 Å². The lowest BCUT2D eigenvalue weighted by Crippen LogP contribution is -2.38. The number of nitrogens with zero attached hydrogens (tertiary/aromatic N) is 2. The van der Waals surface area contributed by atoms with E-state index in [1.54, 1.807) is 12.1 Å². The van der Waals surface area contributed by atoms with Gasteiger partial charge < -0.3 is 31.3 Å². The molecular formula is C58H64N6O4. The van der Waals surface area contributed by atoms with E-state index in [0.29, 0.717) is 35.6 Å². The zero-order valence-corrected chi connectivity index (χ0v) is 40.3. The Hall–Kier alpha value is -7.46. The van der Waals surface area contributed by atoms with Gasteiger partial charge in [-0.1, -0.05) is 135 Å². The number of rotatable bonds is 18. The highest BCUT2D eigenvalue weighted by Gasteiger charge is 2.35. The summed E-state index contributed by atoms with van der Waals surface area (Å²) in [5, 5.41) is 26.6. The first-order valence-electron chi connectivity index (χ1n) is 24.0. The van der Waals surface area contributed by atoms with Crippen molar-refractivity contribution in [2.75, 3.05) is 23.3 Å². The second kappa shape index (κ2) is 22.8. The summed E-state index contributed by atoms with van der Waals surface area (Å²) in [5.74, 6) is -0.964. The van der Waals surface area contributed by atoms with E-state index in [9.17, 15) is 19.5 Å². The van der Waals surface area contributed by atoms with E-state index >= 15 is 0 Å². The smallest absolute Gasteiger partial charge is 0.319 e. The van der Waals surface area contributed by atoms with Crippen LogP contribution < -0.4 is 35.8 Å². The fourth-order valence-corrected chi connectivity index (χ4v) is 8.38. The molecule has 10 nitrogen and oxygen atoms in total. The largest absolute Gasteiger partial charge is 0.871 e. The number of ketones is 1. The summed E-state index contributed by atoms with van der Waals surface area (Å²) in [6, 6.07) is 37.2. The van der Waals surface area contributed by atoms with Gasteiger partial charge in [-0.3, -0.25) is 4.79 Å². The number of nitrogens with one attached hydrogen (secondary N) is 4. The van der Waals surface area contributed by atoms with Crippen molar-refractivity contribution < 1.29 is 19.5 Å². The predicted molar refractivity (Wildman–Crippen MR) is 277 cm³/mol. The van der Waals surface area contributed by atoms with E-state index in [2.05, 4.69) is 44.6 Å². The van der Waals surface area contributed by atoms with Crippen LogP contribution in [0.1, 0.15) is 93.0 Å². The van der Waals surface area contributed by atoms with Gasteiger partial charge in [0.25, 0.3) is 0 Å². The van der Waals surface area contributed by atoms with Crippen molar-refractivity contribution in [1.82, 2.24) is 20.5 Å². The lowest BCUT2D eigenvalue weighted by molar-refractivity contribution is -0.297. The van der Waals surface area contributed by atoms with Crippen LogP contribution in [0.4, 0.5) is 43.7 Å². The van der Waals surface area contributed by atoms with Crippen molar-refractivity contribution in [3.05, 3.63) is 184 Å². The van der Waals surface area contributed by atoms with Crippen LogP contribution in [0.3, 0.4) is 0 Å². The Morgan fingerprint density at radius 1 is 0.559 bits per heavy atom. The molecule has 4 N–H and O–H groups in total. The number of Topliss-reactive ketones (excluding diaryl/α,β-unsaturated/α-hetero) is 1. The van der Waals surface area contributed by atoms with Gasteiger partial charge in [0.1, 0.15) is 0 Å². The second-order valence-corrected chi connectivity index (χ2v) is 17.8. The average Bonchev–Trinajstić information content (AvgIpc) is 3.33. The van der Waals surface area contributed by atoms with Gasteiger partial charge >= 0.3 is 12.1 Å². The van der Waals surface area contributed by atoms with Crippen LogP contribution in [0, 0.1) is 27.7 Å². The van der Waals surface area contributed by atoms with Gasteiger partial charge in [0.05, 0.1) is 11.4 Å². The lowest BCUT2D eigenvalue weighted by Gasteiger charge is -2.34. The van der Waals surface area contributed by atoms with Crippen molar-refractivity contribution in [3.8, 4) is 0 Å². The maximum absolute atomic E-state index is 14.7. The first kappa shape index (κ1) is 48.5. The van der Waals surface area contributed by atoms with Gasteiger partial charge in [0, 0.05) is 88.9 Å². The monoisotopic (exact) mass is 908 g/mol. The number of aryl methyl sites for hydroxylation is 4. The Bertz CT molecular complexity index is 2690. The number of hydrogen-bond donors (Lipinski definition) is 4. The van der Waals surface area contributed by atoms with Crippen molar-refractivity contribution in [2.24, 2.45) is 0 Å². The van der Waals surface area contributed by atoms with Gasteiger partial charge in [-0.2, -0.15) is 4.58 Å². The number of urea groups is 2. The molecule has 7 rings (SSSR count). The molecule has 0 aliphatic heterocycles. The maximum Gasteiger partial charge on any atom is 0.319 e. The molecule has 5 aromatic rings. The number of carbonyl (C=O) groups is 3. The minimum absolute atomic E-state index is 0.0432. The van der Waals surface area contributed by atoms with Gasteiger partial charge in [0.15, 0.2) is 5.78 Å². The number of benzene rings is 5. The van der Waals surface area contributed by atoms with Crippen molar-refractivity contribution in [3.63, 3.8) is 0 Å². The minimum Gasteiger partial charge on any atom is -0.871 e. The van der Waals surface area contributed by atoms with Gasteiger partial charge in [-0.15, -0.1) is 0 Å². The zero-order valence-electron chi connectivity index (χ0n) is 40.3. The first-order valence-corrected chi connectivity index (χ1v) is 24.0. The molecule has 0 heterocycles. The Morgan fingerprint density at radius 3 is 1.51 bits per heavy atom. The molecule has 350 valence electrons. The summed E-state index contributed by atoms with van der Waals surface area (Å²) in [6.07, 6.45) is 13.4. The van der Waals surface area contributed by atoms with Crippen LogP contribution in [0.5, 0.6) is 0 Å². The minimum atomic E-state index is -0.482. The third-order valence-corrected chi connectivity index (χ3v) is 12.3. The summed E-state index contributed by atoms with van der Waals surface area (Å²) >= 11 is 0. The summed E-state index contributed by atoms with van der Waals surface area (Å²) < 4.78 is 2.08. The molecule has 0 saturated heterocycles. The number of anilines is 4. The molecule has 2 aliphatic rings. The van der Waals surface area contributed by atoms with Crippen LogP contribution >= 0.6 is 0 Å². The number of unbranched alkanes of at least 4 members (excludes halogenated alkanes) is 6. The molecule has 10 heteroatoms.